The zero-order valence-corrected chi connectivity index (χ0v) is 17.8. The minimum atomic E-state index is -0.289. The molecule has 2 aliphatic rings. The van der Waals surface area contributed by atoms with E-state index >= 15 is 0 Å². The molecule has 2 saturated heterocycles. The summed E-state index contributed by atoms with van der Waals surface area (Å²) in [6.07, 6.45) is 1.97. The second-order valence-electron chi connectivity index (χ2n) is 8.13. The maximum absolute atomic E-state index is 13.1. The molecule has 1 atom stereocenters. The van der Waals surface area contributed by atoms with Crippen molar-refractivity contribution in [3.05, 3.63) is 29.8 Å². The predicted molar refractivity (Wildman–Crippen MR) is 113 cm³/mol. The van der Waals surface area contributed by atoms with Crippen molar-refractivity contribution in [1.82, 2.24) is 14.7 Å². The third-order valence-electron chi connectivity index (χ3n) is 5.90. The first-order valence-electron chi connectivity index (χ1n) is 10.5. The Morgan fingerprint density at radius 1 is 1.10 bits per heavy atom. The monoisotopic (exact) mass is 400 g/mol. The lowest BCUT2D eigenvalue weighted by molar-refractivity contribution is -0.135. The molecule has 0 radical (unpaired) electrons. The first kappa shape index (κ1) is 21.3. The smallest absolute Gasteiger partial charge is 0.236 e. The fraction of sp³-hybridized carbons (Fsp3) is 0.591. The van der Waals surface area contributed by atoms with Gasteiger partial charge < -0.3 is 14.7 Å². The van der Waals surface area contributed by atoms with Crippen LogP contribution in [0.5, 0.6) is 0 Å². The van der Waals surface area contributed by atoms with Gasteiger partial charge in [-0.25, -0.2) is 0 Å². The van der Waals surface area contributed by atoms with E-state index in [1.165, 1.54) is 0 Å². The topological polar surface area (TPSA) is 64.2 Å². The average Bonchev–Trinajstić information content (AvgIpc) is 2.94. The van der Waals surface area contributed by atoms with Crippen LogP contribution < -0.4 is 4.90 Å². The Labute approximate surface area is 173 Å². The molecular formula is C22H32N4O3. The largest absolute Gasteiger partial charge is 0.348 e. The van der Waals surface area contributed by atoms with Gasteiger partial charge in [0.15, 0.2) is 0 Å². The normalized spacial score (nSPS) is 20.7. The number of para-hydroxylation sites is 1. The van der Waals surface area contributed by atoms with E-state index in [1.54, 1.807) is 23.9 Å². The highest BCUT2D eigenvalue weighted by Crippen LogP contribution is 2.29. The minimum Gasteiger partial charge on any atom is -0.348 e. The van der Waals surface area contributed by atoms with Gasteiger partial charge in [-0.1, -0.05) is 25.1 Å². The van der Waals surface area contributed by atoms with Crippen LogP contribution in [0.25, 0.3) is 0 Å². The quantitative estimate of drug-likeness (QED) is 0.746. The number of amides is 3. The number of carbonyl (C=O) groups is 3. The highest BCUT2D eigenvalue weighted by molar-refractivity contribution is 6.00. The summed E-state index contributed by atoms with van der Waals surface area (Å²) in [5.74, 6) is -0.119. The van der Waals surface area contributed by atoms with E-state index in [2.05, 4.69) is 11.8 Å². The van der Waals surface area contributed by atoms with Crippen molar-refractivity contribution in [2.24, 2.45) is 5.92 Å². The van der Waals surface area contributed by atoms with Crippen LogP contribution in [0.2, 0.25) is 0 Å². The second kappa shape index (κ2) is 9.39. The molecular weight excluding hydrogens is 368 g/mol. The van der Waals surface area contributed by atoms with E-state index in [0.29, 0.717) is 32.7 Å². The van der Waals surface area contributed by atoms with Crippen molar-refractivity contribution in [2.75, 3.05) is 58.3 Å². The van der Waals surface area contributed by atoms with Crippen LogP contribution in [-0.4, -0.2) is 85.8 Å². The third-order valence-corrected chi connectivity index (χ3v) is 5.90. The molecule has 0 spiro atoms. The van der Waals surface area contributed by atoms with E-state index in [0.717, 1.165) is 30.6 Å². The van der Waals surface area contributed by atoms with E-state index < -0.39 is 0 Å². The Morgan fingerprint density at radius 3 is 2.59 bits per heavy atom. The maximum Gasteiger partial charge on any atom is 0.236 e. The molecule has 1 aromatic rings. The molecule has 2 heterocycles. The van der Waals surface area contributed by atoms with Gasteiger partial charge in [-0.2, -0.15) is 0 Å². The van der Waals surface area contributed by atoms with Gasteiger partial charge in [-0.15, -0.1) is 0 Å². The second-order valence-corrected chi connectivity index (χ2v) is 8.13. The van der Waals surface area contributed by atoms with Gasteiger partial charge in [0, 0.05) is 58.9 Å². The maximum atomic E-state index is 13.1. The molecule has 0 bridgehead atoms. The van der Waals surface area contributed by atoms with Gasteiger partial charge in [-0.3, -0.25) is 19.3 Å². The Balaban J connectivity index is 1.61. The third kappa shape index (κ3) is 4.96. The zero-order chi connectivity index (χ0) is 21.0. The highest BCUT2D eigenvalue weighted by atomic mass is 16.2. The summed E-state index contributed by atoms with van der Waals surface area (Å²) >= 11 is 0. The summed E-state index contributed by atoms with van der Waals surface area (Å²) in [6, 6.07) is 7.93. The van der Waals surface area contributed by atoms with Crippen molar-refractivity contribution < 1.29 is 14.4 Å². The Bertz CT molecular complexity index is 764. The van der Waals surface area contributed by atoms with E-state index in [-0.39, 0.29) is 30.1 Å². The first-order valence-corrected chi connectivity index (χ1v) is 10.5. The molecule has 7 heteroatoms. The molecule has 0 saturated carbocycles. The molecule has 29 heavy (non-hydrogen) atoms. The molecule has 3 rings (SSSR count). The molecule has 1 aromatic carbocycles. The lowest BCUT2D eigenvalue weighted by Gasteiger charge is -2.25. The SMILES string of the molecule is CCc1ccccc1N1CC(C(=O)N2CCCN(CC(=O)N(C)C)CC2)CC1=O. The summed E-state index contributed by atoms with van der Waals surface area (Å²) in [5.41, 5.74) is 2.06. The van der Waals surface area contributed by atoms with E-state index in [9.17, 15) is 14.4 Å². The molecule has 7 nitrogen and oxygen atoms in total. The molecule has 0 aliphatic carbocycles. The summed E-state index contributed by atoms with van der Waals surface area (Å²) in [7, 11) is 3.52. The van der Waals surface area contributed by atoms with Crippen LogP contribution >= 0.6 is 0 Å². The Hall–Kier alpha value is -2.41. The number of nitrogens with zero attached hydrogens (tertiary/aromatic N) is 4. The van der Waals surface area contributed by atoms with Crippen LogP contribution in [0.1, 0.15) is 25.3 Å². The van der Waals surface area contributed by atoms with E-state index in [1.807, 2.05) is 29.2 Å². The summed E-state index contributed by atoms with van der Waals surface area (Å²) in [4.78, 5) is 45.1. The summed E-state index contributed by atoms with van der Waals surface area (Å²) in [5, 5.41) is 0. The average molecular weight is 401 g/mol. The van der Waals surface area contributed by atoms with Crippen molar-refractivity contribution in [1.29, 1.82) is 0 Å². The molecule has 2 aliphatic heterocycles. The van der Waals surface area contributed by atoms with Gasteiger partial charge in [0.05, 0.1) is 12.5 Å². The van der Waals surface area contributed by atoms with Crippen molar-refractivity contribution in [3.8, 4) is 0 Å². The van der Waals surface area contributed by atoms with Crippen molar-refractivity contribution in [3.63, 3.8) is 0 Å². The fourth-order valence-corrected chi connectivity index (χ4v) is 4.12. The number of hydrogen-bond donors (Lipinski definition) is 0. The molecule has 158 valence electrons. The van der Waals surface area contributed by atoms with Crippen LogP contribution in [-0.2, 0) is 20.8 Å². The number of hydrogen-bond acceptors (Lipinski definition) is 4. The standard InChI is InChI=1S/C22H32N4O3/c1-4-17-8-5-6-9-19(17)26-15-18(14-20(26)27)22(29)25-11-7-10-24(12-13-25)16-21(28)23(2)3/h5-6,8-9,18H,4,7,10-16H2,1-3H3. The molecule has 0 aromatic heterocycles. The highest BCUT2D eigenvalue weighted by Gasteiger charge is 2.38. The van der Waals surface area contributed by atoms with Gasteiger partial charge in [0.2, 0.25) is 17.7 Å². The lowest BCUT2D eigenvalue weighted by Crippen LogP contribution is -2.41. The first-order chi connectivity index (χ1) is 13.9. The Kier molecular flexibility index (Phi) is 6.90. The van der Waals surface area contributed by atoms with E-state index in [4.69, 9.17) is 0 Å². The molecule has 0 N–H and O–H groups in total. The minimum absolute atomic E-state index is 0.0253. The fourth-order valence-electron chi connectivity index (χ4n) is 4.12. The van der Waals surface area contributed by atoms with Gasteiger partial charge >= 0.3 is 0 Å². The summed E-state index contributed by atoms with van der Waals surface area (Å²) < 4.78 is 0. The van der Waals surface area contributed by atoms with Crippen LogP contribution in [0.3, 0.4) is 0 Å². The van der Waals surface area contributed by atoms with Crippen LogP contribution in [0, 0.1) is 5.92 Å². The zero-order valence-electron chi connectivity index (χ0n) is 17.8. The Morgan fingerprint density at radius 2 is 1.86 bits per heavy atom. The molecule has 2 fully saturated rings. The van der Waals surface area contributed by atoms with Crippen LogP contribution in [0.15, 0.2) is 24.3 Å². The van der Waals surface area contributed by atoms with Gasteiger partial charge in [0.25, 0.3) is 0 Å². The van der Waals surface area contributed by atoms with Gasteiger partial charge in [-0.05, 0) is 24.5 Å². The number of likely N-dealkylation sites (N-methyl/N-ethyl adjacent to an activating group) is 1. The number of anilines is 1. The van der Waals surface area contributed by atoms with Crippen molar-refractivity contribution in [2.45, 2.75) is 26.2 Å². The lowest BCUT2D eigenvalue weighted by atomic mass is 10.1. The number of aryl methyl sites for hydroxylation is 1. The summed E-state index contributed by atoms with van der Waals surface area (Å²) in [6.45, 7) is 5.70. The number of benzene rings is 1. The molecule has 3 amide bonds. The van der Waals surface area contributed by atoms with Crippen LogP contribution in [0.4, 0.5) is 5.69 Å². The van der Waals surface area contributed by atoms with Gasteiger partial charge in [0.1, 0.15) is 0 Å². The number of carbonyl (C=O) groups excluding carboxylic acids is 3. The van der Waals surface area contributed by atoms with Crippen molar-refractivity contribution >= 4 is 23.4 Å². The predicted octanol–water partition coefficient (Wildman–Crippen LogP) is 1.22. The molecule has 1 unspecified atom stereocenters. The number of rotatable bonds is 5.